The Morgan fingerprint density at radius 3 is 2.28 bits per heavy atom. The lowest BCUT2D eigenvalue weighted by Gasteiger charge is -2.16. The first-order chi connectivity index (χ1) is 15.5. The fourth-order valence-corrected chi connectivity index (χ4v) is 3.40. The molecule has 6 heteroatoms. The van der Waals surface area contributed by atoms with Crippen molar-refractivity contribution in [2.75, 3.05) is 19.5 Å². The predicted molar refractivity (Wildman–Crippen MR) is 125 cm³/mol. The summed E-state index contributed by atoms with van der Waals surface area (Å²) < 4.78 is 10.6. The van der Waals surface area contributed by atoms with Crippen LogP contribution in [0.5, 0.6) is 11.5 Å². The number of nitrogens with one attached hydrogen (secondary N) is 2. The van der Waals surface area contributed by atoms with Gasteiger partial charge in [0.05, 0.1) is 31.5 Å². The van der Waals surface area contributed by atoms with Crippen molar-refractivity contribution in [3.8, 4) is 11.5 Å². The number of para-hydroxylation sites is 1. The normalized spacial score (nSPS) is 11.3. The van der Waals surface area contributed by atoms with Crippen molar-refractivity contribution in [3.63, 3.8) is 0 Å². The second kappa shape index (κ2) is 11.0. The van der Waals surface area contributed by atoms with Gasteiger partial charge in [-0.25, -0.2) is 0 Å². The molecule has 0 aliphatic rings. The molecular weight excluding hydrogens is 404 g/mol. The van der Waals surface area contributed by atoms with Crippen LogP contribution in [0.1, 0.15) is 40.9 Å². The number of amides is 2. The zero-order chi connectivity index (χ0) is 22.9. The highest BCUT2D eigenvalue weighted by Crippen LogP contribution is 2.28. The summed E-state index contributed by atoms with van der Waals surface area (Å²) >= 11 is 0. The Bertz CT molecular complexity index is 1070. The number of methoxy groups -OCH3 is 2. The SMILES string of the molecule is COc1ccc(CCC(=O)Nc2ccccc2C(=O)N[C@H](C)c2ccccc2)cc1OC. The van der Waals surface area contributed by atoms with Gasteiger partial charge in [-0.15, -0.1) is 0 Å². The molecule has 3 aromatic carbocycles. The van der Waals surface area contributed by atoms with Crippen molar-refractivity contribution in [3.05, 3.63) is 89.5 Å². The maximum Gasteiger partial charge on any atom is 0.253 e. The van der Waals surface area contributed by atoms with E-state index in [1.54, 1.807) is 38.5 Å². The molecule has 6 nitrogen and oxygen atoms in total. The Morgan fingerprint density at radius 2 is 1.56 bits per heavy atom. The highest BCUT2D eigenvalue weighted by molar-refractivity contribution is 6.03. The van der Waals surface area contributed by atoms with E-state index < -0.39 is 0 Å². The molecule has 0 unspecified atom stereocenters. The first kappa shape index (κ1) is 22.9. The van der Waals surface area contributed by atoms with Crippen LogP contribution in [0.25, 0.3) is 0 Å². The third-order valence-corrected chi connectivity index (χ3v) is 5.18. The average Bonchev–Trinajstić information content (AvgIpc) is 2.83. The molecule has 0 aliphatic carbocycles. The number of aryl methyl sites for hydroxylation is 1. The monoisotopic (exact) mass is 432 g/mol. The number of rotatable bonds is 9. The Balaban J connectivity index is 1.63. The molecule has 0 saturated heterocycles. The van der Waals surface area contributed by atoms with E-state index in [-0.39, 0.29) is 24.3 Å². The lowest BCUT2D eigenvalue weighted by atomic mass is 10.1. The minimum Gasteiger partial charge on any atom is -0.493 e. The van der Waals surface area contributed by atoms with E-state index >= 15 is 0 Å². The van der Waals surface area contributed by atoms with Gasteiger partial charge in [0.15, 0.2) is 11.5 Å². The highest BCUT2D eigenvalue weighted by atomic mass is 16.5. The van der Waals surface area contributed by atoms with Crippen molar-refractivity contribution in [1.29, 1.82) is 0 Å². The van der Waals surface area contributed by atoms with Crippen LogP contribution in [0.2, 0.25) is 0 Å². The maximum atomic E-state index is 12.9. The third kappa shape index (κ3) is 5.88. The summed E-state index contributed by atoms with van der Waals surface area (Å²) in [5, 5.41) is 5.86. The van der Waals surface area contributed by atoms with E-state index in [4.69, 9.17) is 9.47 Å². The molecule has 0 saturated carbocycles. The summed E-state index contributed by atoms with van der Waals surface area (Å²) in [6.07, 6.45) is 0.803. The summed E-state index contributed by atoms with van der Waals surface area (Å²) in [4.78, 5) is 25.4. The predicted octanol–water partition coefficient (Wildman–Crippen LogP) is 4.77. The minimum absolute atomic E-state index is 0.155. The van der Waals surface area contributed by atoms with Crippen molar-refractivity contribution in [2.24, 2.45) is 0 Å². The van der Waals surface area contributed by atoms with Crippen LogP contribution in [-0.4, -0.2) is 26.0 Å². The summed E-state index contributed by atoms with van der Waals surface area (Å²) in [5.41, 5.74) is 2.88. The van der Waals surface area contributed by atoms with Crippen LogP contribution in [0.3, 0.4) is 0 Å². The molecule has 0 spiro atoms. The van der Waals surface area contributed by atoms with Crippen molar-refractivity contribution >= 4 is 17.5 Å². The van der Waals surface area contributed by atoms with Gasteiger partial charge in [-0.1, -0.05) is 48.5 Å². The number of hydrogen-bond donors (Lipinski definition) is 2. The molecule has 0 aromatic heterocycles. The Kier molecular flexibility index (Phi) is 7.86. The topological polar surface area (TPSA) is 76.7 Å². The first-order valence-electron chi connectivity index (χ1n) is 10.5. The van der Waals surface area contributed by atoms with Crippen LogP contribution in [0.15, 0.2) is 72.8 Å². The van der Waals surface area contributed by atoms with Crippen molar-refractivity contribution in [1.82, 2.24) is 5.32 Å². The first-order valence-corrected chi connectivity index (χ1v) is 10.5. The number of ether oxygens (including phenoxy) is 2. The summed E-state index contributed by atoms with van der Waals surface area (Å²) in [5.74, 6) is 0.860. The zero-order valence-electron chi connectivity index (χ0n) is 18.6. The van der Waals surface area contributed by atoms with E-state index in [1.807, 2.05) is 55.5 Å². The van der Waals surface area contributed by atoms with E-state index in [9.17, 15) is 9.59 Å². The van der Waals surface area contributed by atoms with Crippen molar-refractivity contribution in [2.45, 2.75) is 25.8 Å². The number of carbonyl (C=O) groups is 2. The van der Waals surface area contributed by atoms with Gasteiger partial charge in [0.2, 0.25) is 5.91 Å². The minimum atomic E-state index is -0.239. The van der Waals surface area contributed by atoms with Gasteiger partial charge in [-0.05, 0) is 48.7 Å². The highest BCUT2D eigenvalue weighted by Gasteiger charge is 2.16. The van der Waals surface area contributed by atoms with E-state index in [0.29, 0.717) is 29.2 Å². The molecular formula is C26H28N2O4. The van der Waals surface area contributed by atoms with Gasteiger partial charge in [0, 0.05) is 6.42 Å². The smallest absolute Gasteiger partial charge is 0.253 e. The van der Waals surface area contributed by atoms with Crippen LogP contribution in [-0.2, 0) is 11.2 Å². The lowest BCUT2D eigenvalue weighted by molar-refractivity contribution is -0.116. The Labute approximate surface area is 188 Å². The van der Waals surface area contributed by atoms with Crippen LogP contribution < -0.4 is 20.1 Å². The van der Waals surface area contributed by atoms with Gasteiger partial charge in [-0.2, -0.15) is 0 Å². The van der Waals surface area contributed by atoms with E-state index in [1.165, 1.54) is 0 Å². The quantitative estimate of drug-likeness (QED) is 0.511. The molecule has 2 amide bonds. The van der Waals surface area contributed by atoms with E-state index in [0.717, 1.165) is 11.1 Å². The lowest BCUT2D eigenvalue weighted by Crippen LogP contribution is -2.28. The summed E-state index contributed by atoms with van der Waals surface area (Å²) in [7, 11) is 3.16. The fourth-order valence-electron chi connectivity index (χ4n) is 3.40. The molecule has 0 aliphatic heterocycles. The standard InChI is InChI=1S/C26H28N2O4/c1-18(20-9-5-4-6-10-20)27-26(30)21-11-7-8-12-22(21)28-25(29)16-14-19-13-15-23(31-2)24(17-19)32-3/h4-13,15,17-18H,14,16H2,1-3H3,(H,27,30)(H,28,29)/t18-/m1/s1. The molecule has 0 radical (unpaired) electrons. The van der Waals surface area contributed by atoms with Gasteiger partial charge in [0.1, 0.15) is 0 Å². The van der Waals surface area contributed by atoms with Gasteiger partial charge in [-0.3, -0.25) is 9.59 Å². The number of carbonyl (C=O) groups excluding carboxylic acids is 2. The van der Waals surface area contributed by atoms with Crippen LogP contribution in [0.4, 0.5) is 5.69 Å². The maximum absolute atomic E-state index is 12.9. The summed E-state index contributed by atoms with van der Waals surface area (Å²) in [6, 6.07) is 22.2. The van der Waals surface area contributed by atoms with E-state index in [2.05, 4.69) is 10.6 Å². The molecule has 3 aromatic rings. The largest absolute Gasteiger partial charge is 0.493 e. The fraction of sp³-hybridized carbons (Fsp3) is 0.231. The molecule has 0 heterocycles. The van der Waals surface area contributed by atoms with Gasteiger partial charge < -0.3 is 20.1 Å². The molecule has 166 valence electrons. The molecule has 3 rings (SSSR count). The van der Waals surface area contributed by atoms with Crippen molar-refractivity contribution < 1.29 is 19.1 Å². The van der Waals surface area contributed by atoms with Crippen LogP contribution >= 0.6 is 0 Å². The number of benzene rings is 3. The zero-order valence-corrected chi connectivity index (χ0v) is 18.6. The Hall–Kier alpha value is -3.80. The second-order valence-electron chi connectivity index (χ2n) is 7.39. The van der Waals surface area contributed by atoms with Crippen LogP contribution in [0, 0.1) is 0 Å². The molecule has 1 atom stereocenters. The number of anilines is 1. The third-order valence-electron chi connectivity index (χ3n) is 5.18. The van der Waals surface area contributed by atoms with Gasteiger partial charge in [0.25, 0.3) is 5.91 Å². The summed E-state index contributed by atoms with van der Waals surface area (Å²) in [6.45, 7) is 1.93. The van der Waals surface area contributed by atoms with Gasteiger partial charge >= 0.3 is 0 Å². The number of hydrogen-bond acceptors (Lipinski definition) is 4. The molecule has 32 heavy (non-hydrogen) atoms. The average molecular weight is 433 g/mol. The molecule has 0 bridgehead atoms. The second-order valence-corrected chi connectivity index (χ2v) is 7.39. The Morgan fingerprint density at radius 1 is 0.875 bits per heavy atom. The molecule has 0 fully saturated rings. The molecule has 2 N–H and O–H groups in total.